The number of allylic oxidation sites excluding steroid dienone is 2. The summed E-state index contributed by atoms with van der Waals surface area (Å²) in [5, 5.41) is 16.3. The quantitative estimate of drug-likeness (QED) is 0.849. The van der Waals surface area contributed by atoms with E-state index in [0.29, 0.717) is 22.5 Å². The van der Waals surface area contributed by atoms with Gasteiger partial charge in [0.2, 0.25) is 0 Å². The molecule has 0 aromatic carbocycles. The van der Waals surface area contributed by atoms with E-state index < -0.39 is 0 Å². The molecule has 7 heteroatoms. The van der Waals surface area contributed by atoms with E-state index in [4.69, 9.17) is 0 Å². The molecule has 0 bridgehead atoms. The predicted molar refractivity (Wildman–Crippen MR) is 116 cm³/mol. The van der Waals surface area contributed by atoms with Gasteiger partial charge < -0.3 is 10.2 Å². The van der Waals surface area contributed by atoms with Gasteiger partial charge in [0.05, 0.1) is 17.5 Å². The predicted octanol–water partition coefficient (Wildman–Crippen LogP) is 3.86. The zero-order chi connectivity index (χ0) is 21.2. The van der Waals surface area contributed by atoms with Crippen LogP contribution in [0.5, 0.6) is 0 Å². The van der Waals surface area contributed by atoms with Gasteiger partial charge in [0, 0.05) is 37.6 Å². The third-order valence-corrected chi connectivity index (χ3v) is 5.79. The number of nitrogens with zero attached hydrogens (tertiary/aromatic N) is 5. The van der Waals surface area contributed by atoms with E-state index >= 15 is 0 Å². The number of aryl methyl sites for hydroxylation is 1. The molecule has 0 atom stereocenters. The Kier molecular flexibility index (Phi) is 6.05. The summed E-state index contributed by atoms with van der Waals surface area (Å²) >= 11 is 0. The van der Waals surface area contributed by atoms with Crippen molar-refractivity contribution >= 4 is 11.7 Å². The second kappa shape index (κ2) is 8.35. The van der Waals surface area contributed by atoms with Crippen molar-refractivity contribution in [2.45, 2.75) is 53.9 Å². The van der Waals surface area contributed by atoms with Crippen molar-refractivity contribution in [2.75, 3.05) is 18.0 Å². The molecule has 3 rings (SSSR count). The van der Waals surface area contributed by atoms with Gasteiger partial charge in [0.1, 0.15) is 0 Å². The van der Waals surface area contributed by atoms with Gasteiger partial charge in [-0.05, 0) is 51.0 Å². The maximum absolute atomic E-state index is 13.2. The van der Waals surface area contributed by atoms with Crippen molar-refractivity contribution in [1.29, 1.82) is 0 Å². The Bertz CT molecular complexity index is 927. The molecule has 0 saturated carbocycles. The minimum atomic E-state index is -0.142. The Morgan fingerprint density at radius 2 is 2.00 bits per heavy atom. The maximum atomic E-state index is 13.2. The SMILES string of the molecule is C/C=C(\C)NC(=O)c1c(N2CCCC(C)(C)CC2)nnc(-c2cnn(C)c2)c1C. The number of hydrogen-bond donors (Lipinski definition) is 1. The van der Waals surface area contributed by atoms with Crippen LogP contribution >= 0.6 is 0 Å². The fraction of sp³-hybridized carbons (Fsp3) is 0.545. The average Bonchev–Trinajstić information content (AvgIpc) is 3.00. The number of hydrogen-bond acceptors (Lipinski definition) is 5. The summed E-state index contributed by atoms with van der Waals surface area (Å²) in [5.74, 6) is 0.533. The highest BCUT2D eigenvalue weighted by Crippen LogP contribution is 2.34. The second-order valence-corrected chi connectivity index (χ2v) is 8.71. The molecule has 0 unspecified atom stereocenters. The zero-order valence-electron chi connectivity index (χ0n) is 18.4. The van der Waals surface area contributed by atoms with Gasteiger partial charge in [-0.3, -0.25) is 9.48 Å². The van der Waals surface area contributed by atoms with E-state index in [9.17, 15) is 4.79 Å². The normalized spacial score (nSPS) is 17.2. The van der Waals surface area contributed by atoms with Crippen LogP contribution in [0.4, 0.5) is 5.82 Å². The van der Waals surface area contributed by atoms with Crippen LogP contribution < -0.4 is 10.2 Å². The van der Waals surface area contributed by atoms with E-state index in [-0.39, 0.29) is 5.91 Å². The molecule has 0 spiro atoms. The Hall–Kier alpha value is -2.70. The lowest BCUT2D eigenvalue weighted by Crippen LogP contribution is -2.32. The Morgan fingerprint density at radius 3 is 2.66 bits per heavy atom. The molecule has 1 N–H and O–H groups in total. The van der Waals surface area contributed by atoms with E-state index in [1.807, 2.05) is 40.1 Å². The summed E-state index contributed by atoms with van der Waals surface area (Å²) in [6, 6.07) is 0. The number of rotatable bonds is 4. The number of anilines is 1. The monoisotopic (exact) mass is 396 g/mol. The molecule has 0 aliphatic carbocycles. The molecule has 156 valence electrons. The molecule has 1 aliphatic heterocycles. The highest BCUT2D eigenvalue weighted by atomic mass is 16.1. The van der Waals surface area contributed by atoms with Crippen molar-refractivity contribution in [3.05, 3.63) is 35.3 Å². The zero-order valence-corrected chi connectivity index (χ0v) is 18.4. The first-order valence-electron chi connectivity index (χ1n) is 10.3. The Labute approximate surface area is 173 Å². The lowest BCUT2D eigenvalue weighted by atomic mass is 9.85. The van der Waals surface area contributed by atoms with Crippen LogP contribution in [0, 0.1) is 12.3 Å². The summed E-state index contributed by atoms with van der Waals surface area (Å²) < 4.78 is 1.73. The van der Waals surface area contributed by atoms with Crippen molar-refractivity contribution < 1.29 is 4.79 Å². The van der Waals surface area contributed by atoms with Gasteiger partial charge in [-0.25, -0.2) is 0 Å². The molecule has 1 saturated heterocycles. The van der Waals surface area contributed by atoms with Crippen LogP contribution in [0.1, 0.15) is 62.9 Å². The fourth-order valence-electron chi connectivity index (χ4n) is 3.77. The third-order valence-electron chi connectivity index (χ3n) is 5.79. The highest BCUT2D eigenvalue weighted by Gasteiger charge is 2.28. The summed E-state index contributed by atoms with van der Waals surface area (Å²) in [5.41, 5.74) is 4.10. The molecule has 1 aliphatic rings. The second-order valence-electron chi connectivity index (χ2n) is 8.71. The highest BCUT2D eigenvalue weighted by molar-refractivity contribution is 6.02. The number of nitrogens with one attached hydrogen (secondary N) is 1. The fourth-order valence-corrected chi connectivity index (χ4v) is 3.77. The van der Waals surface area contributed by atoms with Crippen molar-refractivity contribution in [3.8, 4) is 11.3 Å². The number of aromatic nitrogens is 4. The van der Waals surface area contributed by atoms with Crippen LogP contribution in [-0.4, -0.2) is 39.0 Å². The van der Waals surface area contributed by atoms with E-state index in [0.717, 1.165) is 42.8 Å². The maximum Gasteiger partial charge on any atom is 0.259 e. The molecule has 0 radical (unpaired) electrons. The summed E-state index contributed by atoms with van der Waals surface area (Å²) in [4.78, 5) is 15.5. The minimum absolute atomic E-state index is 0.142. The largest absolute Gasteiger partial charge is 0.354 e. The summed E-state index contributed by atoms with van der Waals surface area (Å²) in [6.07, 6.45) is 8.84. The van der Waals surface area contributed by atoms with Gasteiger partial charge in [-0.1, -0.05) is 19.9 Å². The first-order chi connectivity index (χ1) is 13.7. The summed E-state index contributed by atoms with van der Waals surface area (Å²) in [7, 11) is 1.86. The molecule has 7 nitrogen and oxygen atoms in total. The van der Waals surface area contributed by atoms with E-state index in [1.165, 1.54) is 6.42 Å². The number of carbonyl (C=O) groups excluding carboxylic acids is 1. The molecule has 1 amide bonds. The minimum Gasteiger partial charge on any atom is -0.354 e. The van der Waals surface area contributed by atoms with Crippen molar-refractivity contribution in [2.24, 2.45) is 12.5 Å². The average molecular weight is 397 g/mol. The summed E-state index contributed by atoms with van der Waals surface area (Å²) in [6.45, 7) is 12.1. The molecule has 3 heterocycles. The Morgan fingerprint density at radius 1 is 1.24 bits per heavy atom. The van der Waals surface area contributed by atoms with Gasteiger partial charge in [0.25, 0.3) is 5.91 Å². The van der Waals surface area contributed by atoms with Crippen LogP contribution in [0.2, 0.25) is 0 Å². The lowest BCUT2D eigenvalue weighted by Gasteiger charge is -2.26. The number of amides is 1. The molecular weight excluding hydrogens is 364 g/mol. The number of carbonyl (C=O) groups is 1. The smallest absolute Gasteiger partial charge is 0.259 e. The van der Waals surface area contributed by atoms with Gasteiger partial charge in [0.15, 0.2) is 5.82 Å². The van der Waals surface area contributed by atoms with Crippen LogP contribution in [-0.2, 0) is 7.05 Å². The van der Waals surface area contributed by atoms with Crippen molar-refractivity contribution in [1.82, 2.24) is 25.3 Å². The molecule has 2 aromatic rings. The van der Waals surface area contributed by atoms with Crippen LogP contribution in [0.3, 0.4) is 0 Å². The van der Waals surface area contributed by atoms with E-state index in [2.05, 4.69) is 39.4 Å². The van der Waals surface area contributed by atoms with E-state index in [1.54, 1.807) is 10.9 Å². The van der Waals surface area contributed by atoms with Gasteiger partial charge in [-0.2, -0.15) is 5.10 Å². The Balaban J connectivity index is 2.07. The first kappa shape index (κ1) is 21.0. The molecular formula is C22H32N6O. The molecule has 2 aromatic heterocycles. The van der Waals surface area contributed by atoms with Crippen LogP contribution in [0.15, 0.2) is 24.2 Å². The molecule has 1 fully saturated rings. The van der Waals surface area contributed by atoms with Crippen LogP contribution in [0.25, 0.3) is 11.3 Å². The standard InChI is InChI=1S/C22H32N6O/c1-7-15(2)24-21(29)18-16(3)19(17-13-23-27(6)14-17)25-26-20(18)28-11-8-9-22(4,5)10-12-28/h7,13-14H,8-12H2,1-6H3,(H,24,29)/b15-7+. The topological polar surface area (TPSA) is 75.9 Å². The molecule has 29 heavy (non-hydrogen) atoms. The van der Waals surface area contributed by atoms with Gasteiger partial charge in [-0.15, -0.1) is 10.2 Å². The van der Waals surface area contributed by atoms with Gasteiger partial charge >= 0.3 is 0 Å². The lowest BCUT2D eigenvalue weighted by molar-refractivity contribution is 0.0965. The van der Waals surface area contributed by atoms with Crippen molar-refractivity contribution in [3.63, 3.8) is 0 Å². The first-order valence-corrected chi connectivity index (χ1v) is 10.3. The third kappa shape index (κ3) is 4.66.